The summed E-state index contributed by atoms with van der Waals surface area (Å²) in [5.41, 5.74) is 0.391. The molecule has 0 fully saturated rings. The predicted octanol–water partition coefficient (Wildman–Crippen LogP) is 3.06. The summed E-state index contributed by atoms with van der Waals surface area (Å²) in [5, 5.41) is 9.09. The number of fused-ring (bicyclic) bond motifs is 1. The van der Waals surface area contributed by atoms with Crippen LogP contribution in [0.3, 0.4) is 0 Å². The number of imidazole rings is 1. The van der Waals surface area contributed by atoms with Gasteiger partial charge in [-0.2, -0.15) is 18.2 Å². The van der Waals surface area contributed by atoms with E-state index in [2.05, 4.69) is 25.8 Å². The van der Waals surface area contributed by atoms with E-state index >= 15 is 0 Å². The number of para-hydroxylation sites is 2. The highest BCUT2D eigenvalue weighted by atomic mass is 35.5. The van der Waals surface area contributed by atoms with E-state index in [0.717, 1.165) is 4.57 Å². The van der Waals surface area contributed by atoms with Gasteiger partial charge in [-0.3, -0.25) is 9.59 Å². The van der Waals surface area contributed by atoms with Crippen molar-refractivity contribution in [3.8, 4) is 5.75 Å². The molecule has 2 amide bonds. The van der Waals surface area contributed by atoms with Crippen molar-refractivity contribution >= 4 is 34.4 Å². The number of rotatable bonds is 9. The summed E-state index contributed by atoms with van der Waals surface area (Å²) in [4.78, 5) is 31.6. The number of carbonyl (C=O) groups is 2. The third kappa shape index (κ3) is 6.10. The first kappa shape index (κ1) is 25.0. The zero-order chi connectivity index (χ0) is 25.7. The Morgan fingerprint density at radius 1 is 1.06 bits per heavy atom. The topological polar surface area (TPSA) is 124 Å². The number of hydrogen-bond donors (Lipinski definition) is 2. The molecule has 2 aromatic carbocycles. The molecule has 4 rings (SSSR count). The van der Waals surface area contributed by atoms with Crippen LogP contribution in [0.1, 0.15) is 22.3 Å². The van der Waals surface area contributed by atoms with E-state index in [0.29, 0.717) is 10.8 Å². The van der Waals surface area contributed by atoms with Gasteiger partial charge in [0.2, 0.25) is 5.82 Å². The molecule has 0 bridgehead atoms. The molecule has 0 aliphatic carbocycles. The van der Waals surface area contributed by atoms with Gasteiger partial charge in [0.15, 0.2) is 12.4 Å². The molecular weight excluding hydrogens is 505 g/mol. The average molecular weight is 523 g/mol. The molecule has 0 aliphatic rings. The molecule has 10 nitrogen and oxygen atoms in total. The quantitative estimate of drug-likeness (QED) is 0.324. The Morgan fingerprint density at radius 3 is 2.61 bits per heavy atom. The summed E-state index contributed by atoms with van der Waals surface area (Å²) >= 11 is 5.84. The van der Waals surface area contributed by atoms with Gasteiger partial charge in [-0.25, -0.2) is 4.98 Å². The van der Waals surface area contributed by atoms with E-state index in [1.54, 1.807) is 36.4 Å². The second kappa shape index (κ2) is 10.6. The lowest BCUT2D eigenvalue weighted by molar-refractivity contribution is -0.146. The summed E-state index contributed by atoms with van der Waals surface area (Å²) in [6.07, 6.45) is -4.70. The van der Waals surface area contributed by atoms with Crippen LogP contribution in [0.25, 0.3) is 11.0 Å². The molecule has 2 N–H and O–H groups in total. The fourth-order valence-electron chi connectivity index (χ4n) is 3.21. The monoisotopic (exact) mass is 522 g/mol. The molecule has 0 unspecified atom stereocenters. The predicted molar refractivity (Wildman–Crippen MR) is 120 cm³/mol. The SMILES string of the molecule is O=C(COc1cccc(Cl)c1)NCCNC(=O)c1nc(Cn2c(C(F)(F)F)nc3ccccc32)no1. The Hall–Kier alpha value is -4.13. The Morgan fingerprint density at radius 2 is 1.83 bits per heavy atom. The van der Waals surface area contributed by atoms with Crippen LogP contribution in [0, 0.1) is 0 Å². The second-order valence-corrected chi connectivity index (χ2v) is 7.81. The van der Waals surface area contributed by atoms with Crippen LogP contribution < -0.4 is 15.4 Å². The van der Waals surface area contributed by atoms with Gasteiger partial charge in [-0.1, -0.05) is 35.0 Å². The third-order valence-corrected chi connectivity index (χ3v) is 5.00. The molecule has 0 saturated carbocycles. The third-order valence-electron chi connectivity index (χ3n) is 4.77. The Balaban J connectivity index is 1.28. The van der Waals surface area contributed by atoms with Crippen LogP contribution in [-0.2, 0) is 17.5 Å². The summed E-state index contributed by atoms with van der Waals surface area (Å²) in [6.45, 7) is -0.538. The highest BCUT2D eigenvalue weighted by Gasteiger charge is 2.38. The van der Waals surface area contributed by atoms with E-state index in [4.69, 9.17) is 20.9 Å². The lowest BCUT2D eigenvalue weighted by atomic mass is 10.3. The molecule has 4 aromatic rings. The number of halogens is 4. The van der Waals surface area contributed by atoms with Crippen LogP contribution >= 0.6 is 11.6 Å². The lowest BCUT2D eigenvalue weighted by Crippen LogP contribution is -2.36. The first-order chi connectivity index (χ1) is 17.2. The number of nitrogens with one attached hydrogen (secondary N) is 2. The van der Waals surface area contributed by atoms with Crippen LogP contribution in [0.4, 0.5) is 13.2 Å². The molecule has 0 aliphatic heterocycles. The van der Waals surface area contributed by atoms with Crippen molar-refractivity contribution in [2.45, 2.75) is 12.7 Å². The molecule has 2 aromatic heterocycles. The molecule has 0 atom stereocenters. The van der Waals surface area contributed by atoms with Gasteiger partial charge in [0, 0.05) is 18.1 Å². The lowest BCUT2D eigenvalue weighted by Gasteiger charge is -2.09. The fourth-order valence-corrected chi connectivity index (χ4v) is 3.39. The molecule has 188 valence electrons. The minimum atomic E-state index is -4.70. The standard InChI is InChI=1S/C22H18ClF3N6O4/c23-13-4-3-5-14(10-13)35-12-18(33)27-8-9-28-19(34)20-30-17(31-36-20)11-32-16-7-2-1-6-15(16)29-21(32)22(24,25)26/h1-7,10H,8-9,11-12H2,(H,27,33)(H,28,34). The van der Waals surface area contributed by atoms with Gasteiger partial charge >= 0.3 is 18.0 Å². The zero-order valence-electron chi connectivity index (χ0n) is 18.4. The van der Waals surface area contributed by atoms with Crippen molar-refractivity contribution in [1.82, 2.24) is 30.3 Å². The van der Waals surface area contributed by atoms with Gasteiger partial charge in [0.25, 0.3) is 5.91 Å². The van der Waals surface area contributed by atoms with Gasteiger partial charge in [0.05, 0.1) is 17.6 Å². The molecule has 14 heteroatoms. The van der Waals surface area contributed by atoms with E-state index in [1.807, 2.05) is 0 Å². The first-order valence-electron chi connectivity index (χ1n) is 10.5. The number of alkyl halides is 3. The number of carbonyl (C=O) groups excluding carboxylic acids is 2. The number of nitrogens with zero attached hydrogens (tertiary/aromatic N) is 4. The summed E-state index contributed by atoms with van der Waals surface area (Å²) in [6, 6.07) is 12.7. The van der Waals surface area contributed by atoms with Gasteiger partial charge in [-0.05, 0) is 30.3 Å². The number of aromatic nitrogens is 4. The van der Waals surface area contributed by atoms with Crippen molar-refractivity contribution in [2.75, 3.05) is 19.7 Å². The number of amides is 2. The van der Waals surface area contributed by atoms with E-state index in [1.165, 1.54) is 12.1 Å². The highest BCUT2D eigenvalue weighted by Crippen LogP contribution is 2.31. The fraction of sp³-hybridized carbons (Fsp3) is 0.227. The summed E-state index contributed by atoms with van der Waals surface area (Å²) in [7, 11) is 0. The summed E-state index contributed by atoms with van der Waals surface area (Å²) in [5.74, 6) is -2.42. The normalized spacial score (nSPS) is 11.4. The van der Waals surface area contributed by atoms with Gasteiger partial charge < -0.3 is 24.5 Å². The maximum absolute atomic E-state index is 13.4. The largest absolute Gasteiger partial charge is 0.484 e. The maximum atomic E-state index is 13.4. The molecule has 0 spiro atoms. The van der Waals surface area contributed by atoms with Crippen LogP contribution in [0.5, 0.6) is 5.75 Å². The number of benzene rings is 2. The molecule has 0 saturated heterocycles. The van der Waals surface area contributed by atoms with Crippen LogP contribution in [0.15, 0.2) is 53.1 Å². The molecule has 0 radical (unpaired) electrons. The van der Waals surface area contributed by atoms with Crippen molar-refractivity contribution in [2.24, 2.45) is 0 Å². The Bertz CT molecular complexity index is 1390. The first-order valence-corrected chi connectivity index (χ1v) is 10.9. The van der Waals surface area contributed by atoms with Gasteiger partial charge in [-0.15, -0.1) is 0 Å². The Labute approximate surface area is 206 Å². The number of ether oxygens (including phenoxy) is 1. The van der Waals surface area contributed by atoms with Crippen molar-refractivity contribution in [1.29, 1.82) is 0 Å². The Kier molecular flexibility index (Phi) is 7.38. The maximum Gasteiger partial charge on any atom is 0.449 e. The van der Waals surface area contributed by atoms with E-state index in [9.17, 15) is 22.8 Å². The van der Waals surface area contributed by atoms with Crippen molar-refractivity contribution in [3.05, 3.63) is 71.1 Å². The van der Waals surface area contributed by atoms with Crippen molar-refractivity contribution in [3.63, 3.8) is 0 Å². The van der Waals surface area contributed by atoms with E-state index in [-0.39, 0.29) is 36.6 Å². The number of hydrogen-bond acceptors (Lipinski definition) is 7. The minimum absolute atomic E-state index is 0.0316. The molecule has 36 heavy (non-hydrogen) atoms. The average Bonchev–Trinajstić information content (AvgIpc) is 3.46. The second-order valence-electron chi connectivity index (χ2n) is 7.38. The van der Waals surface area contributed by atoms with Gasteiger partial charge in [0.1, 0.15) is 5.75 Å². The van der Waals surface area contributed by atoms with Crippen LogP contribution in [-0.4, -0.2) is 51.2 Å². The van der Waals surface area contributed by atoms with Crippen LogP contribution in [0.2, 0.25) is 5.02 Å². The summed E-state index contributed by atoms with van der Waals surface area (Å²) < 4.78 is 51.4. The van der Waals surface area contributed by atoms with Crippen molar-refractivity contribution < 1.29 is 32.0 Å². The molecular formula is C22H18ClF3N6O4. The van der Waals surface area contributed by atoms with E-state index < -0.39 is 36.3 Å². The molecule has 2 heterocycles. The minimum Gasteiger partial charge on any atom is -0.484 e. The zero-order valence-corrected chi connectivity index (χ0v) is 19.1. The smallest absolute Gasteiger partial charge is 0.449 e. The highest BCUT2D eigenvalue weighted by molar-refractivity contribution is 6.30.